The molecule has 30 heteroatoms. The molecule has 0 spiro atoms. The number of aromatic nitrogens is 17. The molecule has 30 nitrogen and oxygen atoms in total. The predicted molar refractivity (Wildman–Crippen MR) is 555 cm³/mol. The molecule has 12 heterocycles. The average molecular weight is 1880 g/mol. The smallest absolute Gasteiger partial charge is 0.274 e. The van der Waals surface area contributed by atoms with Crippen LogP contribution >= 0.6 is 0 Å². The van der Waals surface area contributed by atoms with Crippen molar-refractivity contribution in [2.45, 2.75) is 182 Å². The predicted octanol–water partition coefficient (Wildman–Crippen LogP) is 21.3. The monoisotopic (exact) mass is 1880 g/mol. The number of likely N-dealkylation sites (N-methyl/N-ethyl adjacent to an activating group) is 1. The van der Waals surface area contributed by atoms with E-state index in [2.05, 4.69) is 178 Å². The molecule has 5 aliphatic carbocycles. The lowest BCUT2D eigenvalue weighted by atomic mass is 9.82. The molecule has 0 saturated heterocycles. The zero-order chi connectivity index (χ0) is 96.6. The van der Waals surface area contributed by atoms with E-state index >= 15 is 0 Å². The molecule has 1 atom stereocenters. The van der Waals surface area contributed by atoms with E-state index in [1.165, 1.54) is 157 Å². The van der Waals surface area contributed by atoms with E-state index in [9.17, 15) is 9.59 Å². The number of nitrogens with two attached hydrogens (primary N) is 2. The number of nitrogens with one attached hydrogen (secondary N) is 8. The summed E-state index contributed by atoms with van der Waals surface area (Å²) in [7, 11) is 3.92. The van der Waals surface area contributed by atoms with E-state index in [-0.39, 0.29) is 11.9 Å². The van der Waals surface area contributed by atoms with Crippen LogP contribution in [0.25, 0.3) is 154 Å². The van der Waals surface area contributed by atoms with E-state index < -0.39 is 5.91 Å². The topological polar surface area (TPSA) is 426 Å². The van der Waals surface area contributed by atoms with Crippen molar-refractivity contribution in [3.05, 3.63) is 259 Å². The molecule has 141 heavy (non-hydrogen) atoms. The van der Waals surface area contributed by atoms with Crippen molar-refractivity contribution in [3.63, 3.8) is 0 Å². The quantitative estimate of drug-likeness (QED) is 0.0133. The molecule has 714 valence electrons. The molecule has 0 radical (unpaired) electrons. The number of oxime groups is 1. The maximum Gasteiger partial charge on any atom is 0.274 e. The number of aromatic amines is 6. The second-order valence-electron chi connectivity index (χ2n) is 38.6. The van der Waals surface area contributed by atoms with Crippen molar-refractivity contribution >= 4 is 121 Å². The van der Waals surface area contributed by atoms with Gasteiger partial charge in [0, 0.05) is 129 Å². The lowest BCUT2D eigenvalue weighted by molar-refractivity contribution is 0.0263. The van der Waals surface area contributed by atoms with Crippen LogP contribution < -0.4 is 22.4 Å². The van der Waals surface area contributed by atoms with Gasteiger partial charge in [-0.2, -0.15) is 40.8 Å². The van der Waals surface area contributed by atoms with Gasteiger partial charge < -0.3 is 21.2 Å². The van der Waals surface area contributed by atoms with Gasteiger partial charge in [-0.3, -0.25) is 50.2 Å². The van der Waals surface area contributed by atoms with Crippen LogP contribution in [0.3, 0.4) is 0 Å². The van der Waals surface area contributed by atoms with Gasteiger partial charge in [0.05, 0.1) is 121 Å². The molecular formula is C111H115N25O5. The standard InChI is InChI=1S/C25H27N5O2.C23H24N6O.2C21H23N5.C21H18N4O2/c1-30(2)13-14-32-29-25(31)17-9-7-16(8-10-17)24-19-6-4-3-5-18(19)23-20-15-26-28-21(20)11-12-22(23)27-24;24-11-12-30-29-23(25)15-7-5-14(6-8-15)22-17-4-2-1-3-16(17)21-18-13-26-28-19(18)9-10-20(21)27-22;2*1-11(2)20-19-17(25-26-20)9-8-16-18(19)13-6-4-5-7-14(13)21(23-16)15-10-22-24-12(15)3;26-21(25-27)13-7-5-12(6-8-13)20-15-4-2-1-3-14(15)19-16-11-22-24-17(16)9-10-18(19)23-20/h7-12,15H,3-6,13-14H2,1-2H3,(H,26,28)(H,29,31);5-10,13H,1-4,11-12,24H2,(H2,25,29)(H,26,28);8-11H,4-7H2,1-3H3,(H,22,24)(H,25,26);8-11,20H,4-7H2,1-3H3,(H,22,24);5-11,27H,1-4H2,(H,22,24)(H,25,26). The number of H-pyrrole nitrogens is 6. The molecule has 1 aliphatic heterocycles. The van der Waals surface area contributed by atoms with Crippen LogP contribution in [0.4, 0.5) is 5.69 Å². The molecular weight excluding hydrogens is 1760 g/mol. The lowest BCUT2D eigenvalue weighted by Gasteiger charge is -2.24. The van der Waals surface area contributed by atoms with Gasteiger partial charge >= 0.3 is 0 Å². The molecule has 13 N–H and O–H groups in total. The highest BCUT2D eigenvalue weighted by Crippen LogP contribution is 2.50. The number of aryl methyl sites for hydroxylation is 7. The number of fused-ring (bicyclic) bond motifs is 25. The number of amidine groups is 1. The minimum atomic E-state index is -0.516. The number of pyridine rings is 5. The number of hydrogen-bond donors (Lipinski definition) is 11. The minimum Gasteiger partial charge on any atom is -0.393 e. The Morgan fingerprint density at radius 1 is 0.433 bits per heavy atom. The summed E-state index contributed by atoms with van der Waals surface area (Å²) < 4.78 is 0. The van der Waals surface area contributed by atoms with Gasteiger partial charge in [-0.1, -0.05) is 81.4 Å². The van der Waals surface area contributed by atoms with Crippen molar-refractivity contribution in [3.8, 4) is 56.3 Å². The molecule has 1 unspecified atom stereocenters. The lowest BCUT2D eigenvalue weighted by Crippen LogP contribution is -2.28. The van der Waals surface area contributed by atoms with Gasteiger partial charge in [0.25, 0.3) is 11.8 Å². The number of azo groups is 1. The highest BCUT2D eigenvalue weighted by molar-refractivity contribution is 6.12. The number of benzene rings is 8. The van der Waals surface area contributed by atoms with Gasteiger partial charge in [-0.25, -0.2) is 35.9 Å². The van der Waals surface area contributed by atoms with Gasteiger partial charge in [-0.15, -0.1) is 0 Å². The fraction of sp³-hybridized carbons (Fsp3) is 0.315. The van der Waals surface area contributed by atoms with Gasteiger partial charge in [0.2, 0.25) is 0 Å². The third-order valence-electron chi connectivity index (χ3n) is 28.7. The average Bonchev–Trinajstić information content (AvgIpc) is 1.76. The Labute approximate surface area is 814 Å². The van der Waals surface area contributed by atoms with E-state index in [1.54, 1.807) is 17.6 Å². The summed E-state index contributed by atoms with van der Waals surface area (Å²) in [5, 5.41) is 77.0. The largest absolute Gasteiger partial charge is 0.393 e. The molecule has 0 fully saturated rings. The normalized spacial score (nSPS) is 14.8. The van der Waals surface area contributed by atoms with Crippen molar-refractivity contribution in [1.29, 1.82) is 0 Å². The Morgan fingerprint density at radius 3 is 1.23 bits per heavy atom. The first-order valence-electron chi connectivity index (χ1n) is 49.5. The summed E-state index contributed by atoms with van der Waals surface area (Å²) in [4.78, 5) is 61.7. The summed E-state index contributed by atoms with van der Waals surface area (Å²) in [6, 6.07) is 43.7. The first-order valence-corrected chi connectivity index (χ1v) is 49.5. The number of hydroxylamine groups is 2. The van der Waals surface area contributed by atoms with Crippen molar-refractivity contribution in [2.75, 3.05) is 40.4 Å². The zero-order valence-electron chi connectivity index (χ0n) is 80.7. The summed E-state index contributed by atoms with van der Waals surface area (Å²) in [5.74, 6) is 0.413. The fourth-order valence-electron chi connectivity index (χ4n) is 21.8. The fourth-order valence-corrected chi connectivity index (χ4v) is 21.8. The summed E-state index contributed by atoms with van der Waals surface area (Å²) in [6.45, 7) is 14.9. The number of carbonyl (C=O) groups is 2. The minimum absolute atomic E-state index is 0.142. The van der Waals surface area contributed by atoms with Crippen LogP contribution in [0.5, 0.6) is 0 Å². The summed E-state index contributed by atoms with van der Waals surface area (Å²) in [6.07, 6.45) is 32.1. The van der Waals surface area contributed by atoms with Crippen LogP contribution in [0.1, 0.15) is 208 Å². The highest BCUT2D eigenvalue weighted by Gasteiger charge is 2.33. The van der Waals surface area contributed by atoms with Crippen LogP contribution in [0.15, 0.2) is 180 Å². The van der Waals surface area contributed by atoms with Crippen LogP contribution in [0.2, 0.25) is 0 Å². The van der Waals surface area contributed by atoms with Crippen molar-refractivity contribution < 1.29 is 24.5 Å². The second-order valence-corrected chi connectivity index (χ2v) is 38.6. The van der Waals surface area contributed by atoms with Gasteiger partial charge in [0.1, 0.15) is 12.6 Å². The molecule has 11 aromatic heterocycles. The van der Waals surface area contributed by atoms with Gasteiger partial charge in [-0.05, 0) is 309 Å². The molecule has 0 saturated carbocycles. The van der Waals surface area contributed by atoms with Crippen LogP contribution in [0, 0.1) is 19.8 Å². The second kappa shape index (κ2) is 39.9. The van der Waals surface area contributed by atoms with E-state index in [0.29, 0.717) is 48.6 Å². The van der Waals surface area contributed by atoms with Crippen molar-refractivity contribution in [1.82, 2.24) is 102 Å². The Hall–Kier alpha value is -15.2. The SMILES string of the molecule is CN(C)CCONC(=O)c1ccc(-c2nc3ccc4[nH]ncc4c3c3c2CCCC3)cc1.Cc1[nH]ncc1-c1nc2ccc3c(c2c2c1CCCC2)C(C(C)C)N=N3.Cc1[nH]ncc1-c1nc2ccc3n[nH]c(C(C)C)c3c2c2c1CCCC2.NCCON=C(N)c1ccc(-c2nc3ccc4[nH]ncc4c3c3c2CCCC3)cc1.O=C(NO)c1ccc(-c2nc3ccc4[nH]ncc4c3c3c2CCCC3)cc1. The number of hydrogen-bond acceptors (Lipinski definition) is 21. The number of carbonyl (C=O) groups excluding carboxylic acids is 2. The summed E-state index contributed by atoms with van der Waals surface area (Å²) >= 11 is 0. The Kier molecular flexibility index (Phi) is 26.1. The van der Waals surface area contributed by atoms with Crippen molar-refractivity contribution in [2.24, 2.45) is 32.8 Å². The first-order chi connectivity index (χ1) is 68.9. The van der Waals surface area contributed by atoms with Crippen LogP contribution in [-0.2, 0) is 73.9 Å². The van der Waals surface area contributed by atoms with E-state index in [0.717, 1.165) is 222 Å². The zero-order valence-corrected chi connectivity index (χ0v) is 80.7. The molecule has 19 aromatic rings. The molecule has 25 rings (SSSR count). The third-order valence-corrected chi connectivity index (χ3v) is 28.7. The maximum atomic E-state index is 12.4. The van der Waals surface area contributed by atoms with Crippen LogP contribution in [-0.4, -0.2) is 154 Å². The molecule has 2 amide bonds. The number of rotatable bonds is 17. The Balaban J connectivity index is 0.000000105. The first kappa shape index (κ1) is 92.1. The van der Waals surface area contributed by atoms with E-state index in [4.69, 9.17) is 51.3 Å². The molecule has 0 bridgehead atoms. The third kappa shape index (κ3) is 17.8. The maximum absolute atomic E-state index is 12.4. The van der Waals surface area contributed by atoms with Gasteiger partial charge in [0.15, 0.2) is 5.84 Å². The molecule has 8 aromatic carbocycles. The highest BCUT2D eigenvalue weighted by atomic mass is 16.7. The Bertz CT molecular complexity index is 8060. The number of nitrogens with zero attached hydrogens (tertiary/aromatic N) is 15. The number of amides is 2. The van der Waals surface area contributed by atoms with E-state index in [1.807, 2.05) is 117 Å². The Morgan fingerprint density at radius 2 is 0.809 bits per heavy atom. The molecule has 6 aliphatic rings. The summed E-state index contributed by atoms with van der Waals surface area (Å²) in [5.41, 5.74) is 56.8.